The molecule has 0 bridgehead atoms. The van der Waals surface area contributed by atoms with Crippen molar-refractivity contribution in [2.75, 3.05) is 11.9 Å². The van der Waals surface area contributed by atoms with Crippen LogP contribution < -0.4 is 10.1 Å². The third-order valence-corrected chi connectivity index (χ3v) is 3.56. The summed E-state index contributed by atoms with van der Waals surface area (Å²) in [5.74, 6) is 0.642. The van der Waals surface area contributed by atoms with Gasteiger partial charge in [-0.05, 0) is 42.8 Å². The lowest BCUT2D eigenvalue weighted by molar-refractivity contribution is 0.318. The van der Waals surface area contributed by atoms with Crippen LogP contribution in [0.5, 0.6) is 11.5 Å². The van der Waals surface area contributed by atoms with E-state index >= 15 is 0 Å². The van der Waals surface area contributed by atoms with Gasteiger partial charge in [0.05, 0.1) is 17.3 Å². The number of halogens is 2. The highest BCUT2D eigenvalue weighted by Crippen LogP contribution is 2.29. The van der Waals surface area contributed by atoms with Crippen molar-refractivity contribution in [3.05, 3.63) is 51.5 Å². The zero-order valence-corrected chi connectivity index (χ0v) is 13.3. The van der Waals surface area contributed by atoms with Crippen molar-refractivity contribution in [1.29, 1.82) is 0 Å². The second-order valence-electron chi connectivity index (χ2n) is 4.21. The van der Waals surface area contributed by atoms with Gasteiger partial charge in [0.1, 0.15) is 0 Å². The number of phenolic OH excluding ortho intramolecular Hbond substituents is 1. The van der Waals surface area contributed by atoms with Gasteiger partial charge in [-0.15, -0.1) is 0 Å². The molecule has 2 rings (SSSR count). The summed E-state index contributed by atoms with van der Waals surface area (Å²) in [5, 5.41) is 13.6. The molecule has 0 amide bonds. The lowest BCUT2D eigenvalue weighted by Crippen LogP contribution is -2.01. The molecule has 2 N–H and O–H groups in total. The van der Waals surface area contributed by atoms with Crippen LogP contribution in [0.2, 0.25) is 5.02 Å². The number of hydrogen-bond donors (Lipinski definition) is 2. The van der Waals surface area contributed by atoms with Crippen LogP contribution in [0.25, 0.3) is 0 Å². The van der Waals surface area contributed by atoms with E-state index in [1.54, 1.807) is 6.07 Å². The molecule has 0 fully saturated rings. The molecule has 106 valence electrons. The molecular weight excluding hydrogens is 342 g/mol. The van der Waals surface area contributed by atoms with Gasteiger partial charge in [-0.3, -0.25) is 0 Å². The Morgan fingerprint density at radius 3 is 2.80 bits per heavy atom. The van der Waals surface area contributed by atoms with Crippen LogP contribution in [0.1, 0.15) is 12.5 Å². The molecule has 0 aliphatic carbocycles. The van der Waals surface area contributed by atoms with Gasteiger partial charge in [-0.25, -0.2) is 0 Å². The van der Waals surface area contributed by atoms with E-state index in [4.69, 9.17) is 16.3 Å². The van der Waals surface area contributed by atoms with E-state index in [1.165, 1.54) is 0 Å². The predicted octanol–water partition coefficient (Wildman–Crippen LogP) is 4.82. The fourth-order valence-corrected chi connectivity index (χ4v) is 2.32. The molecule has 0 aliphatic rings. The van der Waals surface area contributed by atoms with E-state index in [0.717, 1.165) is 15.7 Å². The Labute approximate surface area is 131 Å². The van der Waals surface area contributed by atoms with Crippen molar-refractivity contribution in [3.8, 4) is 11.5 Å². The standard InChI is InChI=1S/C15H15BrClNO2/c1-2-20-15-7-10(3-6-14(15)19)9-18-13-8-11(16)4-5-12(13)17/h3-8,18-19H,2,9H2,1H3. The minimum Gasteiger partial charge on any atom is -0.504 e. The highest BCUT2D eigenvalue weighted by atomic mass is 79.9. The van der Waals surface area contributed by atoms with Crippen molar-refractivity contribution >= 4 is 33.2 Å². The third kappa shape index (κ3) is 3.81. The molecule has 0 spiro atoms. The summed E-state index contributed by atoms with van der Waals surface area (Å²) in [6.45, 7) is 2.99. The predicted molar refractivity (Wildman–Crippen MR) is 85.8 cm³/mol. The van der Waals surface area contributed by atoms with Gasteiger partial charge in [-0.1, -0.05) is 33.6 Å². The number of nitrogens with one attached hydrogen (secondary N) is 1. The smallest absolute Gasteiger partial charge is 0.161 e. The highest BCUT2D eigenvalue weighted by Gasteiger charge is 2.05. The molecule has 0 saturated heterocycles. The van der Waals surface area contributed by atoms with E-state index in [1.807, 2.05) is 37.3 Å². The van der Waals surface area contributed by atoms with Gasteiger partial charge in [0.2, 0.25) is 0 Å². The Balaban J connectivity index is 2.10. The quantitative estimate of drug-likeness (QED) is 0.807. The Morgan fingerprint density at radius 2 is 2.05 bits per heavy atom. The first-order chi connectivity index (χ1) is 9.60. The topological polar surface area (TPSA) is 41.5 Å². The van der Waals surface area contributed by atoms with E-state index < -0.39 is 0 Å². The summed E-state index contributed by atoms with van der Waals surface area (Å²) in [6.07, 6.45) is 0. The van der Waals surface area contributed by atoms with Crippen LogP contribution in [0, 0.1) is 0 Å². The Bertz CT molecular complexity index is 604. The molecule has 0 radical (unpaired) electrons. The third-order valence-electron chi connectivity index (χ3n) is 2.74. The van der Waals surface area contributed by atoms with Crippen LogP contribution in [0.3, 0.4) is 0 Å². The first-order valence-electron chi connectivity index (χ1n) is 6.23. The number of anilines is 1. The van der Waals surface area contributed by atoms with Gasteiger partial charge in [-0.2, -0.15) is 0 Å². The SMILES string of the molecule is CCOc1cc(CNc2cc(Br)ccc2Cl)ccc1O. The van der Waals surface area contributed by atoms with Crippen LogP contribution in [0.15, 0.2) is 40.9 Å². The van der Waals surface area contributed by atoms with Crippen molar-refractivity contribution in [2.45, 2.75) is 13.5 Å². The van der Waals surface area contributed by atoms with Crippen molar-refractivity contribution in [3.63, 3.8) is 0 Å². The van der Waals surface area contributed by atoms with Gasteiger partial charge < -0.3 is 15.2 Å². The lowest BCUT2D eigenvalue weighted by atomic mass is 10.2. The zero-order chi connectivity index (χ0) is 14.5. The summed E-state index contributed by atoms with van der Waals surface area (Å²) in [7, 11) is 0. The summed E-state index contributed by atoms with van der Waals surface area (Å²) in [5.41, 5.74) is 1.86. The minimum absolute atomic E-state index is 0.149. The van der Waals surface area contributed by atoms with Crippen LogP contribution in [-0.2, 0) is 6.54 Å². The minimum atomic E-state index is 0.149. The van der Waals surface area contributed by atoms with Gasteiger partial charge in [0.15, 0.2) is 11.5 Å². The second kappa shape index (κ2) is 6.86. The molecule has 5 heteroatoms. The summed E-state index contributed by atoms with van der Waals surface area (Å²) in [4.78, 5) is 0. The monoisotopic (exact) mass is 355 g/mol. The van der Waals surface area contributed by atoms with E-state index in [2.05, 4.69) is 21.2 Å². The number of benzene rings is 2. The molecule has 20 heavy (non-hydrogen) atoms. The van der Waals surface area contributed by atoms with E-state index in [-0.39, 0.29) is 5.75 Å². The number of phenols is 1. The average molecular weight is 357 g/mol. The first kappa shape index (κ1) is 15.0. The van der Waals surface area contributed by atoms with Crippen molar-refractivity contribution in [1.82, 2.24) is 0 Å². The fraction of sp³-hybridized carbons (Fsp3) is 0.200. The Kier molecular flexibility index (Phi) is 5.15. The summed E-state index contributed by atoms with van der Waals surface area (Å²) in [6, 6.07) is 10.9. The molecular formula is C15H15BrClNO2. The Morgan fingerprint density at radius 1 is 1.25 bits per heavy atom. The fourth-order valence-electron chi connectivity index (χ4n) is 1.77. The van der Waals surface area contributed by atoms with Crippen molar-refractivity contribution in [2.24, 2.45) is 0 Å². The highest BCUT2D eigenvalue weighted by molar-refractivity contribution is 9.10. The first-order valence-corrected chi connectivity index (χ1v) is 7.41. The molecule has 0 aliphatic heterocycles. The maximum atomic E-state index is 9.66. The zero-order valence-electron chi connectivity index (χ0n) is 11.0. The van der Waals surface area contributed by atoms with Gasteiger partial charge >= 0.3 is 0 Å². The number of aromatic hydroxyl groups is 1. The normalized spacial score (nSPS) is 10.3. The van der Waals surface area contributed by atoms with Crippen molar-refractivity contribution < 1.29 is 9.84 Å². The van der Waals surface area contributed by atoms with Gasteiger partial charge in [0.25, 0.3) is 0 Å². The molecule has 0 heterocycles. The number of hydrogen-bond acceptors (Lipinski definition) is 3. The molecule has 0 atom stereocenters. The van der Waals surface area contributed by atoms with Crippen LogP contribution in [0.4, 0.5) is 5.69 Å². The van der Waals surface area contributed by atoms with Crippen LogP contribution >= 0.6 is 27.5 Å². The average Bonchev–Trinajstić information content (AvgIpc) is 2.43. The van der Waals surface area contributed by atoms with Crippen LogP contribution in [-0.4, -0.2) is 11.7 Å². The number of ether oxygens (including phenoxy) is 1. The molecule has 0 unspecified atom stereocenters. The molecule has 2 aromatic carbocycles. The molecule has 3 nitrogen and oxygen atoms in total. The van der Waals surface area contributed by atoms with E-state index in [9.17, 15) is 5.11 Å². The second-order valence-corrected chi connectivity index (χ2v) is 5.54. The summed E-state index contributed by atoms with van der Waals surface area (Å²) < 4.78 is 6.32. The number of rotatable bonds is 5. The summed E-state index contributed by atoms with van der Waals surface area (Å²) >= 11 is 9.53. The maximum absolute atomic E-state index is 9.66. The largest absolute Gasteiger partial charge is 0.504 e. The molecule has 0 aromatic heterocycles. The van der Waals surface area contributed by atoms with E-state index in [0.29, 0.717) is 23.9 Å². The molecule has 0 saturated carbocycles. The Hall–Kier alpha value is -1.39. The molecule has 2 aromatic rings. The van der Waals surface area contributed by atoms with Gasteiger partial charge in [0, 0.05) is 11.0 Å². The maximum Gasteiger partial charge on any atom is 0.161 e. The lowest BCUT2D eigenvalue weighted by Gasteiger charge is -2.11.